The van der Waals surface area contributed by atoms with E-state index in [9.17, 15) is 9.46 Å². The first kappa shape index (κ1) is 20.7. The van der Waals surface area contributed by atoms with E-state index in [0.717, 1.165) is 6.42 Å². The van der Waals surface area contributed by atoms with Gasteiger partial charge in [0.25, 0.3) is 0 Å². The average Bonchev–Trinajstić information content (AvgIpc) is 3.05. The van der Waals surface area contributed by atoms with Gasteiger partial charge in [0.15, 0.2) is 7.37 Å². The lowest BCUT2D eigenvalue weighted by atomic mass is 9.94. The summed E-state index contributed by atoms with van der Waals surface area (Å²) in [6.45, 7) is 3.75. The number of unbranched alkanes of at least 4 members (excludes halogenated alkanes) is 5. The molecule has 0 saturated heterocycles. The zero-order valence-corrected chi connectivity index (χ0v) is 17.1. The molecule has 0 amide bonds. The number of benzene rings is 1. The second-order valence-corrected chi connectivity index (χ2v) is 10.7. The summed E-state index contributed by atoms with van der Waals surface area (Å²) in [4.78, 5) is 9.48. The third-order valence-electron chi connectivity index (χ3n) is 5.76. The van der Waals surface area contributed by atoms with Gasteiger partial charge in [0.05, 0.1) is 0 Å². The van der Waals surface area contributed by atoms with Gasteiger partial charge in [-0.2, -0.15) is 0 Å². The molecule has 2 rings (SSSR count). The lowest BCUT2D eigenvalue weighted by molar-refractivity contribution is 0.464. The molecule has 1 aromatic rings. The van der Waals surface area contributed by atoms with Crippen molar-refractivity contribution in [2.24, 2.45) is 5.92 Å². The van der Waals surface area contributed by atoms with Gasteiger partial charge in [-0.25, -0.2) is 0 Å². The van der Waals surface area contributed by atoms with Gasteiger partial charge in [-0.15, -0.1) is 0 Å². The highest BCUT2D eigenvalue weighted by Gasteiger charge is 2.27. The van der Waals surface area contributed by atoms with Gasteiger partial charge in [-0.1, -0.05) is 63.3 Å². The van der Waals surface area contributed by atoms with Crippen LogP contribution in [0, 0.1) is 5.92 Å². The molecule has 25 heavy (non-hydrogen) atoms. The second-order valence-electron chi connectivity index (χ2n) is 8.20. The summed E-state index contributed by atoms with van der Waals surface area (Å²) in [5, 5.41) is 0. The smallest absolute Gasteiger partial charge is 0.197 e. The monoisotopic (exact) mass is 364 g/mol. The summed E-state index contributed by atoms with van der Waals surface area (Å²) >= 11 is 0. The Morgan fingerprint density at radius 2 is 1.72 bits per heavy atom. The maximum atomic E-state index is 11.5. The molecule has 1 aliphatic rings. The number of aryl methyl sites for hydroxylation is 1. The lowest BCUT2D eigenvalue weighted by Crippen LogP contribution is -2.00. The summed E-state index contributed by atoms with van der Waals surface area (Å²) in [6, 6.07) is 9.30. The Morgan fingerprint density at radius 3 is 2.40 bits per heavy atom. The highest BCUT2D eigenvalue weighted by Crippen LogP contribution is 2.44. The Bertz CT molecular complexity index is 531. The fourth-order valence-electron chi connectivity index (χ4n) is 4.13. The summed E-state index contributed by atoms with van der Waals surface area (Å²) in [5.41, 5.74) is 2.94. The van der Waals surface area contributed by atoms with E-state index in [4.69, 9.17) is 0 Å². The zero-order valence-electron chi connectivity index (χ0n) is 16.3. The van der Waals surface area contributed by atoms with Gasteiger partial charge < -0.3 is 4.89 Å². The first-order valence-corrected chi connectivity index (χ1v) is 12.6. The Morgan fingerprint density at radius 1 is 1.04 bits per heavy atom. The molecule has 0 radical (unpaired) electrons. The maximum absolute atomic E-state index is 11.5. The van der Waals surface area contributed by atoms with E-state index in [2.05, 4.69) is 31.2 Å². The fourth-order valence-corrected chi connectivity index (χ4v) is 4.97. The molecule has 3 heteroatoms. The highest BCUT2D eigenvalue weighted by atomic mass is 31.2. The van der Waals surface area contributed by atoms with Crippen LogP contribution in [0.2, 0.25) is 0 Å². The van der Waals surface area contributed by atoms with E-state index in [-0.39, 0.29) is 0 Å². The van der Waals surface area contributed by atoms with E-state index in [0.29, 0.717) is 18.0 Å². The molecular weight excluding hydrogens is 327 g/mol. The van der Waals surface area contributed by atoms with Crippen molar-refractivity contribution in [1.82, 2.24) is 0 Å². The van der Waals surface area contributed by atoms with E-state index in [1.165, 1.54) is 82.0 Å². The minimum atomic E-state index is -2.84. The summed E-state index contributed by atoms with van der Waals surface area (Å²) in [7, 11) is -2.84. The molecule has 1 fully saturated rings. The minimum Gasteiger partial charge on any atom is -0.344 e. The molecule has 0 aromatic heterocycles. The predicted octanol–water partition coefficient (Wildman–Crippen LogP) is 6.76. The van der Waals surface area contributed by atoms with Crippen LogP contribution in [-0.2, 0) is 11.0 Å². The van der Waals surface area contributed by atoms with Crippen LogP contribution in [-0.4, -0.2) is 17.7 Å². The number of hydrogen-bond donors (Lipinski definition) is 1. The van der Waals surface area contributed by atoms with Gasteiger partial charge in [-0.05, 0) is 61.5 Å². The molecule has 0 aliphatic heterocycles. The van der Waals surface area contributed by atoms with Crippen molar-refractivity contribution in [3.8, 4) is 0 Å². The molecule has 142 valence electrons. The Labute approximate surface area is 154 Å². The highest BCUT2D eigenvalue weighted by molar-refractivity contribution is 7.57. The van der Waals surface area contributed by atoms with Crippen LogP contribution in [0.3, 0.4) is 0 Å². The molecule has 1 N–H and O–H groups in total. The quantitative estimate of drug-likeness (QED) is 0.348. The Balaban J connectivity index is 1.70. The Hall–Kier alpha value is -0.590. The molecule has 0 spiro atoms. The average molecular weight is 365 g/mol. The van der Waals surface area contributed by atoms with Crippen molar-refractivity contribution < 1.29 is 9.46 Å². The zero-order chi connectivity index (χ0) is 18.1. The first-order valence-electron chi connectivity index (χ1n) is 10.4. The van der Waals surface area contributed by atoms with Crippen LogP contribution in [0.4, 0.5) is 0 Å². The lowest BCUT2D eigenvalue weighted by Gasteiger charge is -2.13. The van der Waals surface area contributed by atoms with E-state index in [1.54, 1.807) is 0 Å². The number of hydrogen-bond acceptors (Lipinski definition) is 1. The normalized spacial score (nSPS) is 22.8. The predicted molar refractivity (Wildman–Crippen MR) is 109 cm³/mol. The molecule has 2 unspecified atom stereocenters. The van der Waals surface area contributed by atoms with Crippen LogP contribution in [0.25, 0.3) is 0 Å². The van der Waals surface area contributed by atoms with Crippen LogP contribution in [0.15, 0.2) is 24.3 Å². The molecule has 2 nitrogen and oxygen atoms in total. The SMILES string of the molecule is CCCCCCCCc1ccc([C@H]2CCC(CCP(C)(=O)O)C2)cc1. The number of rotatable bonds is 11. The third kappa shape index (κ3) is 8.09. The van der Waals surface area contributed by atoms with E-state index < -0.39 is 7.37 Å². The largest absolute Gasteiger partial charge is 0.344 e. The van der Waals surface area contributed by atoms with Crippen molar-refractivity contribution >= 4 is 7.37 Å². The van der Waals surface area contributed by atoms with Crippen molar-refractivity contribution in [3.05, 3.63) is 35.4 Å². The topological polar surface area (TPSA) is 37.3 Å². The van der Waals surface area contributed by atoms with E-state index >= 15 is 0 Å². The molecular formula is C22H37O2P. The Kier molecular flexibility index (Phi) is 8.73. The van der Waals surface area contributed by atoms with Crippen molar-refractivity contribution in [2.45, 2.75) is 83.5 Å². The molecule has 0 heterocycles. The third-order valence-corrected chi connectivity index (χ3v) is 6.85. The summed E-state index contributed by atoms with van der Waals surface area (Å²) < 4.78 is 11.5. The van der Waals surface area contributed by atoms with Crippen molar-refractivity contribution in [1.29, 1.82) is 0 Å². The fraction of sp³-hybridized carbons (Fsp3) is 0.727. The molecule has 1 saturated carbocycles. The van der Waals surface area contributed by atoms with Crippen LogP contribution >= 0.6 is 7.37 Å². The van der Waals surface area contributed by atoms with Crippen molar-refractivity contribution in [3.63, 3.8) is 0 Å². The van der Waals surface area contributed by atoms with Gasteiger partial charge >= 0.3 is 0 Å². The van der Waals surface area contributed by atoms with Gasteiger partial charge in [0, 0.05) is 12.8 Å². The molecule has 1 aromatic carbocycles. The van der Waals surface area contributed by atoms with Crippen LogP contribution < -0.4 is 0 Å². The summed E-state index contributed by atoms with van der Waals surface area (Å²) in [6.07, 6.45) is 14.4. The van der Waals surface area contributed by atoms with Gasteiger partial charge in [-0.3, -0.25) is 4.57 Å². The van der Waals surface area contributed by atoms with Crippen LogP contribution in [0.5, 0.6) is 0 Å². The maximum Gasteiger partial charge on any atom is 0.197 e. The molecule has 1 aliphatic carbocycles. The molecule has 0 bridgehead atoms. The van der Waals surface area contributed by atoms with Crippen molar-refractivity contribution in [2.75, 3.05) is 12.8 Å². The van der Waals surface area contributed by atoms with E-state index in [1.807, 2.05) is 0 Å². The van der Waals surface area contributed by atoms with Gasteiger partial charge in [0.1, 0.15) is 0 Å². The van der Waals surface area contributed by atoms with Crippen LogP contribution in [0.1, 0.15) is 88.2 Å². The standard InChI is InChI=1S/C22H37O2P/c1-3-4-5-6-7-8-9-19-10-13-21(14-11-19)22-15-12-20(18-22)16-17-25(2,23)24/h10-11,13-14,20,22H,3-9,12,15-18H2,1-2H3,(H,23,24)/t20?,22-/m0/s1. The van der Waals surface area contributed by atoms with Gasteiger partial charge in [0.2, 0.25) is 0 Å². The first-order chi connectivity index (χ1) is 12.0. The minimum absolute atomic E-state index is 0.488. The molecule has 3 atom stereocenters. The second kappa shape index (κ2) is 10.5. The summed E-state index contributed by atoms with van der Waals surface area (Å²) in [5.74, 6) is 1.29.